The van der Waals surface area contributed by atoms with E-state index in [0.29, 0.717) is 12.1 Å². The fourth-order valence-corrected chi connectivity index (χ4v) is 1.76. The van der Waals surface area contributed by atoms with Crippen molar-refractivity contribution in [3.63, 3.8) is 0 Å². The number of rotatable bonds is 7. The van der Waals surface area contributed by atoms with Gasteiger partial charge in [-0.2, -0.15) is 0 Å². The summed E-state index contributed by atoms with van der Waals surface area (Å²) in [6.07, 6.45) is 2.32. The molecule has 2 unspecified atom stereocenters. The van der Waals surface area contributed by atoms with Crippen LogP contribution in [0.1, 0.15) is 52.1 Å². The van der Waals surface area contributed by atoms with Gasteiger partial charge in [0.05, 0.1) is 0 Å². The minimum absolute atomic E-state index is 0.425. The smallest absolute Gasteiger partial charge is 0.0345 e. The molecule has 17 heavy (non-hydrogen) atoms. The SMILES string of the molecule is CCCNC(C)c1cccc(NC(C)CC)c1. The van der Waals surface area contributed by atoms with Gasteiger partial charge in [0, 0.05) is 17.8 Å². The number of hydrogen-bond donors (Lipinski definition) is 2. The summed E-state index contributed by atoms with van der Waals surface area (Å²) in [5.41, 5.74) is 2.58. The van der Waals surface area contributed by atoms with Gasteiger partial charge in [-0.05, 0) is 50.9 Å². The van der Waals surface area contributed by atoms with Gasteiger partial charge >= 0.3 is 0 Å². The van der Waals surface area contributed by atoms with Crippen molar-refractivity contribution in [1.29, 1.82) is 0 Å². The first-order valence-electron chi connectivity index (χ1n) is 6.77. The van der Waals surface area contributed by atoms with Gasteiger partial charge in [-0.3, -0.25) is 0 Å². The average molecular weight is 234 g/mol. The number of nitrogens with one attached hydrogen (secondary N) is 2. The molecule has 0 saturated heterocycles. The van der Waals surface area contributed by atoms with Crippen molar-refractivity contribution in [2.75, 3.05) is 11.9 Å². The minimum Gasteiger partial charge on any atom is -0.383 e. The second-order valence-corrected chi connectivity index (χ2v) is 4.75. The van der Waals surface area contributed by atoms with Crippen LogP contribution < -0.4 is 10.6 Å². The number of hydrogen-bond acceptors (Lipinski definition) is 2. The summed E-state index contributed by atoms with van der Waals surface area (Å²) in [7, 11) is 0. The standard InChI is InChI=1S/C15H26N2/c1-5-10-16-13(4)14-8-7-9-15(11-14)17-12(3)6-2/h7-9,11-13,16-17H,5-6,10H2,1-4H3. The summed E-state index contributed by atoms with van der Waals surface area (Å²) < 4.78 is 0. The van der Waals surface area contributed by atoms with Crippen molar-refractivity contribution in [3.05, 3.63) is 29.8 Å². The molecule has 0 radical (unpaired) electrons. The van der Waals surface area contributed by atoms with Crippen LogP contribution in [0.25, 0.3) is 0 Å². The third kappa shape index (κ3) is 4.78. The van der Waals surface area contributed by atoms with Crippen LogP contribution in [0, 0.1) is 0 Å². The average Bonchev–Trinajstić information content (AvgIpc) is 2.36. The van der Waals surface area contributed by atoms with Crippen LogP contribution in [-0.4, -0.2) is 12.6 Å². The molecule has 2 atom stereocenters. The van der Waals surface area contributed by atoms with Gasteiger partial charge in [0.25, 0.3) is 0 Å². The van der Waals surface area contributed by atoms with Crippen molar-refractivity contribution < 1.29 is 0 Å². The third-order valence-corrected chi connectivity index (χ3v) is 3.11. The molecular formula is C15H26N2. The van der Waals surface area contributed by atoms with Gasteiger partial charge < -0.3 is 10.6 Å². The lowest BCUT2D eigenvalue weighted by Gasteiger charge is -2.17. The Morgan fingerprint density at radius 2 is 1.94 bits per heavy atom. The van der Waals surface area contributed by atoms with E-state index in [9.17, 15) is 0 Å². The Kier molecular flexibility index (Phi) is 6.06. The maximum Gasteiger partial charge on any atom is 0.0345 e. The van der Waals surface area contributed by atoms with Crippen LogP contribution in [0.3, 0.4) is 0 Å². The van der Waals surface area contributed by atoms with Crippen LogP contribution in [-0.2, 0) is 0 Å². The Balaban J connectivity index is 2.64. The zero-order chi connectivity index (χ0) is 12.7. The largest absolute Gasteiger partial charge is 0.383 e. The molecule has 0 fully saturated rings. The fourth-order valence-electron chi connectivity index (χ4n) is 1.76. The number of benzene rings is 1. The second-order valence-electron chi connectivity index (χ2n) is 4.75. The summed E-state index contributed by atoms with van der Waals surface area (Å²) in [6, 6.07) is 9.67. The lowest BCUT2D eigenvalue weighted by Crippen LogP contribution is -2.19. The molecule has 1 aromatic carbocycles. The van der Waals surface area contributed by atoms with E-state index in [2.05, 4.69) is 62.6 Å². The number of anilines is 1. The highest BCUT2D eigenvalue weighted by Gasteiger charge is 2.05. The predicted molar refractivity (Wildman–Crippen MR) is 76.5 cm³/mol. The quantitative estimate of drug-likeness (QED) is 0.746. The molecule has 2 nitrogen and oxygen atoms in total. The molecule has 1 rings (SSSR count). The van der Waals surface area contributed by atoms with Gasteiger partial charge in [0.2, 0.25) is 0 Å². The predicted octanol–water partition coefficient (Wildman–Crippen LogP) is 3.96. The first-order chi connectivity index (χ1) is 8.17. The molecule has 0 bridgehead atoms. The molecule has 1 aromatic rings. The summed E-state index contributed by atoms with van der Waals surface area (Å²) in [4.78, 5) is 0. The molecule has 0 saturated carbocycles. The Hall–Kier alpha value is -1.02. The highest BCUT2D eigenvalue weighted by Crippen LogP contribution is 2.18. The van der Waals surface area contributed by atoms with Crippen LogP contribution in [0.5, 0.6) is 0 Å². The molecule has 0 aliphatic heterocycles. The third-order valence-electron chi connectivity index (χ3n) is 3.11. The van der Waals surface area contributed by atoms with Gasteiger partial charge in [0.15, 0.2) is 0 Å². The van der Waals surface area contributed by atoms with Crippen molar-refractivity contribution in [3.8, 4) is 0 Å². The lowest BCUT2D eigenvalue weighted by atomic mass is 10.1. The van der Waals surface area contributed by atoms with Crippen molar-refractivity contribution in [2.24, 2.45) is 0 Å². The molecule has 0 heterocycles. The van der Waals surface area contributed by atoms with E-state index in [1.54, 1.807) is 0 Å². The van der Waals surface area contributed by atoms with Crippen LogP contribution >= 0.6 is 0 Å². The zero-order valence-corrected chi connectivity index (χ0v) is 11.6. The Morgan fingerprint density at radius 1 is 1.18 bits per heavy atom. The van der Waals surface area contributed by atoms with E-state index < -0.39 is 0 Å². The van der Waals surface area contributed by atoms with Gasteiger partial charge in [-0.1, -0.05) is 26.0 Å². The van der Waals surface area contributed by atoms with Gasteiger partial charge in [-0.15, -0.1) is 0 Å². The lowest BCUT2D eigenvalue weighted by molar-refractivity contribution is 0.571. The summed E-state index contributed by atoms with van der Waals surface area (Å²) in [5.74, 6) is 0. The fraction of sp³-hybridized carbons (Fsp3) is 0.600. The first kappa shape index (κ1) is 14.0. The molecule has 2 heteroatoms. The molecular weight excluding hydrogens is 208 g/mol. The van der Waals surface area contributed by atoms with E-state index in [-0.39, 0.29) is 0 Å². The van der Waals surface area contributed by atoms with Crippen molar-refractivity contribution >= 4 is 5.69 Å². The molecule has 0 spiro atoms. The summed E-state index contributed by atoms with van der Waals surface area (Å²) in [5, 5.41) is 7.03. The Labute approximate surface area is 106 Å². The van der Waals surface area contributed by atoms with Crippen LogP contribution in [0.15, 0.2) is 24.3 Å². The second kappa shape index (κ2) is 7.33. The minimum atomic E-state index is 0.425. The van der Waals surface area contributed by atoms with E-state index in [0.717, 1.165) is 13.0 Å². The molecule has 0 amide bonds. The van der Waals surface area contributed by atoms with Crippen molar-refractivity contribution in [2.45, 2.75) is 52.6 Å². The van der Waals surface area contributed by atoms with E-state index >= 15 is 0 Å². The molecule has 0 aliphatic rings. The monoisotopic (exact) mass is 234 g/mol. The molecule has 0 aromatic heterocycles. The maximum absolute atomic E-state index is 3.52. The summed E-state index contributed by atoms with van der Waals surface area (Å²) in [6.45, 7) is 9.90. The van der Waals surface area contributed by atoms with E-state index in [4.69, 9.17) is 0 Å². The Morgan fingerprint density at radius 3 is 2.59 bits per heavy atom. The highest BCUT2D eigenvalue weighted by molar-refractivity contribution is 5.47. The normalized spacial score (nSPS) is 14.4. The maximum atomic E-state index is 3.52. The van der Waals surface area contributed by atoms with Crippen LogP contribution in [0.2, 0.25) is 0 Å². The highest BCUT2D eigenvalue weighted by atomic mass is 14.9. The topological polar surface area (TPSA) is 24.1 Å². The zero-order valence-electron chi connectivity index (χ0n) is 11.6. The first-order valence-corrected chi connectivity index (χ1v) is 6.77. The van der Waals surface area contributed by atoms with E-state index in [1.165, 1.54) is 17.7 Å². The summed E-state index contributed by atoms with van der Waals surface area (Å²) >= 11 is 0. The van der Waals surface area contributed by atoms with Gasteiger partial charge in [0.1, 0.15) is 0 Å². The Bertz CT molecular complexity index is 322. The molecule has 2 N–H and O–H groups in total. The molecule has 96 valence electrons. The van der Waals surface area contributed by atoms with E-state index in [1.807, 2.05) is 0 Å². The van der Waals surface area contributed by atoms with Gasteiger partial charge in [-0.25, -0.2) is 0 Å². The van der Waals surface area contributed by atoms with Crippen molar-refractivity contribution in [1.82, 2.24) is 5.32 Å². The molecule has 0 aliphatic carbocycles. The van der Waals surface area contributed by atoms with Crippen LogP contribution in [0.4, 0.5) is 5.69 Å².